The van der Waals surface area contributed by atoms with Crippen molar-refractivity contribution in [2.75, 3.05) is 13.1 Å². The number of carbonyl (C=O) groups is 2. The first kappa shape index (κ1) is 36.4. The van der Waals surface area contributed by atoms with Crippen molar-refractivity contribution in [1.82, 2.24) is 18.6 Å². The van der Waals surface area contributed by atoms with Gasteiger partial charge in [-0.05, 0) is 49.9 Å². The molecule has 2 aromatic carbocycles. The predicted molar refractivity (Wildman–Crippen MR) is 183 cm³/mol. The summed E-state index contributed by atoms with van der Waals surface area (Å²) in [6.07, 6.45) is 4.32. The molecule has 2 atom stereocenters. The highest BCUT2D eigenvalue weighted by Gasteiger charge is 2.40. The number of aromatic nitrogens is 2. The molecular weight excluding hydrogens is 745 g/mol. The highest BCUT2D eigenvalue weighted by atomic mass is 35.5. The number of nitrogens with two attached hydrogens (primary N) is 2. The summed E-state index contributed by atoms with van der Waals surface area (Å²) in [5, 5.41) is 21.1. The smallest absolute Gasteiger partial charge is 0.322 e. The van der Waals surface area contributed by atoms with E-state index >= 15 is 0 Å². The van der Waals surface area contributed by atoms with Gasteiger partial charge in [-0.15, -0.1) is 0 Å². The number of hydrogen-bond donors (Lipinski definition) is 4. The summed E-state index contributed by atoms with van der Waals surface area (Å²) in [5.41, 5.74) is 10.8. The lowest BCUT2D eigenvalue weighted by atomic mass is 10.1. The molecule has 2 saturated heterocycles. The molecule has 0 amide bonds. The topological polar surface area (TPSA) is 240 Å². The van der Waals surface area contributed by atoms with Gasteiger partial charge in [0.15, 0.2) is 11.8 Å². The third kappa shape index (κ3) is 7.23. The number of carboxylic acids is 2. The number of guanidine groups is 1. The second-order valence-electron chi connectivity index (χ2n) is 11.0. The number of sulfonamides is 2. The van der Waals surface area contributed by atoms with E-state index in [1.54, 1.807) is 6.07 Å². The van der Waals surface area contributed by atoms with Crippen LogP contribution >= 0.6 is 34.8 Å². The van der Waals surface area contributed by atoms with E-state index in [-0.39, 0.29) is 46.2 Å². The van der Waals surface area contributed by atoms with Crippen LogP contribution < -0.4 is 11.5 Å². The Balaban J connectivity index is 0.000000192. The molecular formula is C29H28Cl3N7O8S2. The normalized spacial score (nSPS) is 18.7. The Morgan fingerprint density at radius 3 is 1.65 bits per heavy atom. The summed E-state index contributed by atoms with van der Waals surface area (Å²) in [7, 11) is -7.94. The van der Waals surface area contributed by atoms with Crippen LogP contribution in [0.25, 0.3) is 21.5 Å². The molecule has 0 saturated carbocycles. The van der Waals surface area contributed by atoms with Crippen LogP contribution in [0.5, 0.6) is 0 Å². The number of fused-ring (bicyclic) bond motifs is 2. The molecule has 4 heterocycles. The molecule has 0 radical (unpaired) electrons. The number of aliphatic imine (C=N–C) groups is 1. The molecule has 15 nitrogen and oxygen atoms in total. The van der Waals surface area contributed by atoms with Crippen molar-refractivity contribution in [2.45, 2.75) is 47.6 Å². The van der Waals surface area contributed by atoms with E-state index in [1.807, 2.05) is 0 Å². The van der Waals surface area contributed by atoms with Crippen LogP contribution in [0.2, 0.25) is 15.2 Å². The maximum Gasteiger partial charge on any atom is 0.322 e. The van der Waals surface area contributed by atoms with Gasteiger partial charge in [-0.1, -0.05) is 46.9 Å². The van der Waals surface area contributed by atoms with Gasteiger partial charge in [0.25, 0.3) is 0 Å². The van der Waals surface area contributed by atoms with Crippen molar-refractivity contribution in [3.8, 4) is 0 Å². The number of hydrogen-bond acceptors (Lipinski definition) is 9. The summed E-state index contributed by atoms with van der Waals surface area (Å²) in [6.45, 7) is 0.324. The average Bonchev–Trinajstić information content (AvgIpc) is 3.76. The van der Waals surface area contributed by atoms with E-state index in [4.69, 9.17) is 46.3 Å². The number of rotatable bonds is 7. The fourth-order valence-electron chi connectivity index (χ4n) is 5.68. The van der Waals surface area contributed by atoms with E-state index < -0.39 is 44.1 Å². The van der Waals surface area contributed by atoms with Gasteiger partial charge in [-0.25, -0.2) is 26.8 Å². The van der Waals surface area contributed by atoms with Crippen LogP contribution in [0.3, 0.4) is 0 Å². The highest BCUT2D eigenvalue weighted by Crippen LogP contribution is 2.35. The molecule has 4 aromatic rings. The van der Waals surface area contributed by atoms with Gasteiger partial charge in [0.1, 0.15) is 17.2 Å². The zero-order chi connectivity index (χ0) is 35.8. The molecule has 49 heavy (non-hydrogen) atoms. The van der Waals surface area contributed by atoms with Crippen LogP contribution in [-0.4, -0.2) is 88.7 Å². The summed E-state index contributed by atoms with van der Waals surface area (Å²) >= 11 is 18.2. The molecule has 2 fully saturated rings. The molecule has 2 aromatic heterocycles. The Labute approximate surface area is 295 Å². The Bertz CT molecular complexity index is 2240. The second kappa shape index (κ2) is 14.2. The van der Waals surface area contributed by atoms with Crippen LogP contribution in [0.15, 0.2) is 63.6 Å². The van der Waals surface area contributed by atoms with Gasteiger partial charge in [-0.3, -0.25) is 9.59 Å². The Kier molecular flexibility index (Phi) is 10.5. The highest BCUT2D eigenvalue weighted by molar-refractivity contribution is 7.89. The molecule has 20 heteroatoms. The summed E-state index contributed by atoms with van der Waals surface area (Å²) in [6, 6.07) is 6.45. The van der Waals surface area contributed by atoms with Gasteiger partial charge < -0.3 is 21.7 Å². The quantitative estimate of drug-likeness (QED) is 0.119. The fraction of sp³-hybridized carbons (Fsp3) is 0.276. The van der Waals surface area contributed by atoms with Crippen LogP contribution in [0.1, 0.15) is 25.7 Å². The molecule has 6 N–H and O–H groups in total. The molecule has 2 aliphatic rings. The third-order valence-corrected chi connectivity index (χ3v) is 12.7. The van der Waals surface area contributed by atoms with Gasteiger partial charge in [0.05, 0.1) is 19.8 Å². The largest absolute Gasteiger partial charge is 0.480 e. The van der Waals surface area contributed by atoms with Crippen LogP contribution in [0.4, 0.5) is 5.82 Å². The minimum atomic E-state index is -4.01. The van der Waals surface area contributed by atoms with Gasteiger partial charge in [-0.2, -0.15) is 13.6 Å². The van der Waals surface area contributed by atoms with Crippen molar-refractivity contribution in [1.29, 1.82) is 0 Å². The Hall–Kier alpha value is -3.84. The summed E-state index contributed by atoms with van der Waals surface area (Å²) < 4.78 is 53.4. The van der Waals surface area contributed by atoms with Gasteiger partial charge in [0, 0.05) is 47.0 Å². The van der Waals surface area contributed by atoms with E-state index in [9.17, 15) is 36.6 Å². The number of carboxylic acid groups (broad SMARTS) is 2. The van der Waals surface area contributed by atoms with Crippen molar-refractivity contribution < 1.29 is 36.6 Å². The maximum atomic E-state index is 12.9. The second-order valence-corrected chi connectivity index (χ2v) is 16.0. The first-order chi connectivity index (χ1) is 23.0. The average molecular weight is 773 g/mol. The first-order valence-corrected chi connectivity index (χ1v) is 18.5. The van der Waals surface area contributed by atoms with E-state index in [0.717, 1.165) is 8.61 Å². The lowest BCUT2D eigenvalue weighted by Gasteiger charge is -2.21. The summed E-state index contributed by atoms with van der Waals surface area (Å²) in [5.74, 6) is -2.43. The molecule has 0 bridgehead atoms. The lowest BCUT2D eigenvalue weighted by Crippen LogP contribution is -2.40. The number of halogens is 3. The van der Waals surface area contributed by atoms with Gasteiger partial charge >= 0.3 is 11.9 Å². The van der Waals surface area contributed by atoms with E-state index in [0.29, 0.717) is 50.9 Å². The zero-order valence-corrected chi connectivity index (χ0v) is 29.1. The van der Waals surface area contributed by atoms with Crippen LogP contribution in [-0.2, 0) is 29.6 Å². The monoisotopic (exact) mass is 771 g/mol. The number of pyridine rings is 2. The molecule has 6 rings (SSSR count). The summed E-state index contributed by atoms with van der Waals surface area (Å²) in [4.78, 5) is 34.3. The Morgan fingerprint density at radius 2 is 1.18 bits per heavy atom. The van der Waals surface area contributed by atoms with Crippen molar-refractivity contribution >= 4 is 100 Å². The predicted octanol–water partition coefficient (Wildman–Crippen LogP) is 3.81. The van der Waals surface area contributed by atoms with Crippen molar-refractivity contribution in [2.24, 2.45) is 16.5 Å². The molecule has 0 spiro atoms. The first-order valence-electron chi connectivity index (χ1n) is 14.4. The molecule has 2 aliphatic heterocycles. The van der Waals surface area contributed by atoms with Crippen molar-refractivity contribution in [3.63, 3.8) is 0 Å². The minimum Gasteiger partial charge on any atom is -0.480 e. The van der Waals surface area contributed by atoms with Gasteiger partial charge in [0.2, 0.25) is 20.0 Å². The minimum absolute atomic E-state index is 0.0240. The maximum absolute atomic E-state index is 12.9. The standard InChI is InChI=1S/C15H16ClN5O4S.C14H12Cl2N2O4S/c16-11-7-19-13(20-15(17)18)10-6-8(3-4-9(10)11)26(24,25)21-5-1-2-12(21)14(22)23;15-11-7-17-13(16)10-6-8(3-4-9(10)11)23(21,22)18-5-1-2-12(18)14(19)20/h3-4,6-7,12H,1-2,5H2,(H,22,23)(H4,17,18,19,20);3-4,6-7,12H,1-2,5H2,(H,19,20)/t2*12-/m11/s1. The Morgan fingerprint density at radius 1 is 0.735 bits per heavy atom. The third-order valence-electron chi connectivity index (χ3n) is 7.98. The number of aliphatic carboxylic acids is 2. The molecule has 260 valence electrons. The SMILES string of the molecule is NC(N)=Nc1ncc(Cl)c2ccc(S(=O)(=O)N3CCC[C@@H]3C(=O)O)cc12.O=C(O)[C@H]1CCCN1S(=O)(=O)c1ccc2c(Cl)cnc(Cl)c2c1. The molecule has 0 aliphatic carbocycles. The fourth-order valence-corrected chi connectivity index (χ4v) is 9.67. The van der Waals surface area contributed by atoms with E-state index in [1.165, 1.54) is 42.7 Å². The number of nitrogens with zero attached hydrogens (tertiary/aromatic N) is 5. The van der Waals surface area contributed by atoms with Crippen molar-refractivity contribution in [3.05, 3.63) is 64.0 Å². The molecule has 0 unspecified atom stereocenters. The lowest BCUT2D eigenvalue weighted by molar-refractivity contribution is -0.141. The number of benzene rings is 2. The zero-order valence-electron chi connectivity index (χ0n) is 25.2. The van der Waals surface area contributed by atoms with Crippen LogP contribution in [0, 0.1) is 0 Å². The van der Waals surface area contributed by atoms with E-state index in [2.05, 4.69) is 15.0 Å².